The molecule has 0 radical (unpaired) electrons. The Morgan fingerprint density at radius 2 is 1.96 bits per heavy atom. The van der Waals surface area contributed by atoms with Gasteiger partial charge in [0.05, 0.1) is 6.26 Å². The lowest BCUT2D eigenvalue weighted by Gasteiger charge is -2.25. The highest BCUT2D eigenvalue weighted by atomic mass is 16.5. The zero-order valence-corrected chi connectivity index (χ0v) is 14.6. The maximum Gasteiger partial charge on any atom is 0.289 e. The summed E-state index contributed by atoms with van der Waals surface area (Å²) in [5, 5.41) is 4.03. The minimum absolute atomic E-state index is 0.0390. The monoisotopic (exact) mass is 339 g/mol. The van der Waals surface area contributed by atoms with Crippen LogP contribution in [0.5, 0.6) is 0 Å². The molecule has 1 aromatic carbocycles. The number of carbonyl (C=O) groups excluding carboxylic acids is 1. The summed E-state index contributed by atoms with van der Waals surface area (Å²) >= 11 is 0. The molecule has 2 heterocycles. The average Bonchev–Trinajstić information content (AvgIpc) is 3.27. The Labute approximate surface area is 146 Å². The molecular formula is C19H21N3O3. The number of benzene rings is 1. The van der Waals surface area contributed by atoms with Crippen molar-refractivity contribution in [2.45, 2.75) is 33.2 Å². The van der Waals surface area contributed by atoms with E-state index in [0.29, 0.717) is 30.4 Å². The first kappa shape index (κ1) is 17.0. The molecule has 0 aliphatic heterocycles. The van der Waals surface area contributed by atoms with Gasteiger partial charge in [-0.1, -0.05) is 35.0 Å². The minimum atomic E-state index is -0.140. The first-order chi connectivity index (χ1) is 12.0. The Morgan fingerprint density at radius 1 is 1.20 bits per heavy atom. The molecule has 2 aromatic heterocycles. The summed E-state index contributed by atoms with van der Waals surface area (Å²) in [6.45, 7) is 6.44. The molecular weight excluding hydrogens is 318 g/mol. The summed E-state index contributed by atoms with van der Waals surface area (Å²) in [5.74, 6) is 1.26. The van der Waals surface area contributed by atoms with E-state index in [4.69, 9.17) is 8.94 Å². The van der Waals surface area contributed by atoms with Crippen LogP contribution in [0.15, 0.2) is 51.6 Å². The van der Waals surface area contributed by atoms with E-state index >= 15 is 0 Å². The van der Waals surface area contributed by atoms with Crippen LogP contribution in [0, 0.1) is 6.92 Å². The van der Waals surface area contributed by atoms with Gasteiger partial charge in [0.25, 0.3) is 5.91 Å². The second kappa shape index (κ2) is 7.34. The van der Waals surface area contributed by atoms with Crippen molar-refractivity contribution in [1.82, 2.24) is 15.0 Å². The Morgan fingerprint density at radius 3 is 2.60 bits per heavy atom. The van der Waals surface area contributed by atoms with Crippen LogP contribution < -0.4 is 0 Å². The van der Waals surface area contributed by atoms with Gasteiger partial charge in [-0.25, -0.2) is 0 Å². The second-order valence-electron chi connectivity index (χ2n) is 6.20. The van der Waals surface area contributed by atoms with Crippen molar-refractivity contribution >= 4 is 5.91 Å². The zero-order valence-electron chi connectivity index (χ0n) is 14.6. The molecule has 0 saturated carbocycles. The fourth-order valence-electron chi connectivity index (χ4n) is 2.53. The quantitative estimate of drug-likeness (QED) is 0.684. The third-order valence-corrected chi connectivity index (χ3v) is 3.96. The van der Waals surface area contributed by atoms with E-state index in [1.54, 1.807) is 17.0 Å². The molecule has 0 fully saturated rings. The number of aromatic nitrogens is 2. The maximum atomic E-state index is 12.5. The van der Waals surface area contributed by atoms with Crippen LogP contribution >= 0.6 is 0 Å². The smallest absolute Gasteiger partial charge is 0.289 e. The number of nitrogens with zero attached hydrogens (tertiary/aromatic N) is 3. The topological polar surface area (TPSA) is 72.4 Å². The van der Waals surface area contributed by atoms with Crippen molar-refractivity contribution in [3.8, 4) is 11.4 Å². The molecule has 0 aliphatic carbocycles. The Kier molecular flexibility index (Phi) is 4.97. The molecule has 25 heavy (non-hydrogen) atoms. The lowest BCUT2D eigenvalue weighted by molar-refractivity contribution is 0.0671. The molecule has 0 aliphatic rings. The summed E-state index contributed by atoms with van der Waals surface area (Å²) < 4.78 is 10.5. The summed E-state index contributed by atoms with van der Waals surface area (Å²) in [7, 11) is 0. The predicted molar refractivity (Wildman–Crippen MR) is 93.1 cm³/mol. The maximum absolute atomic E-state index is 12.5. The molecule has 0 bridgehead atoms. The van der Waals surface area contributed by atoms with Crippen molar-refractivity contribution in [1.29, 1.82) is 0 Å². The van der Waals surface area contributed by atoms with Gasteiger partial charge in [-0.15, -0.1) is 0 Å². The van der Waals surface area contributed by atoms with E-state index in [1.165, 1.54) is 11.8 Å². The average molecular weight is 339 g/mol. The van der Waals surface area contributed by atoms with E-state index in [9.17, 15) is 4.79 Å². The van der Waals surface area contributed by atoms with Gasteiger partial charge in [-0.05, 0) is 32.9 Å². The van der Waals surface area contributed by atoms with E-state index in [0.717, 1.165) is 5.56 Å². The number of rotatable bonds is 6. The van der Waals surface area contributed by atoms with Crippen molar-refractivity contribution in [2.75, 3.05) is 6.54 Å². The van der Waals surface area contributed by atoms with Gasteiger partial charge in [0, 0.05) is 24.6 Å². The summed E-state index contributed by atoms with van der Waals surface area (Å²) in [6.07, 6.45) is 1.99. The highest BCUT2D eigenvalue weighted by Crippen LogP contribution is 2.17. The third kappa shape index (κ3) is 3.96. The summed E-state index contributed by atoms with van der Waals surface area (Å²) in [5.41, 5.74) is 2.09. The fraction of sp³-hybridized carbons (Fsp3) is 0.316. The van der Waals surface area contributed by atoms with Gasteiger partial charge in [0.1, 0.15) is 0 Å². The molecule has 0 N–H and O–H groups in total. The van der Waals surface area contributed by atoms with Gasteiger partial charge in [-0.3, -0.25) is 4.79 Å². The molecule has 0 unspecified atom stereocenters. The fourth-order valence-corrected chi connectivity index (χ4v) is 2.53. The molecule has 6 nitrogen and oxygen atoms in total. The van der Waals surface area contributed by atoms with Gasteiger partial charge in [0.2, 0.25) is 11.7 Å². The van der Waals surface area contributed by atoms with Gasteiger partial charge < -0.3 is 13.8 Å². The molecule has 1 amide bonds. The van der Waals surface area contributed by atoms with E-state index < -0.39 is 0 Å². The standard InChI is InChI=1S/C19H21N3O3/c1-13(2)22(19(23)16-5-4-12-24-16)11-10-17-20-18(21-25-17)15-8-6-14(3)7-9-15/h4-9,12-13H,10-11H2,1-3H3. The SMILES string of the molecule is Cc1ccc(-c2noc(CCN(C(=O)c3ccco3)C(C)C)n2)cc1. The zero-order chi connectivity index (χ0) is 17.8. The molecule has 130 valence electrons. The van der Waals surface area contributed by atoms with E-state index in [1.807, 2.05) is 45.0 Å². The highest BCUT2D eigenvalue weighted by molar-refractivity contribution is 5.91. The van der Waals surface area contributed by atoms with Crippen LogP contribution in [0.4, 0.5) is 0 Å². The minimum Gasteiger partial charge on any atom is -0.459 e. The number of amides is 1. The summed E-state index contributed by atoms with van der Waals surface area (Å²) in [4.78, 5) is 18.6. The van der Waals surface area contributed by atoms with Crippen LogP contribution in [0.2, 0.25) is 0 Å². The van der Waals surface area contributed by atoms with Crippen LogP contribution in [0.1, 0.15) is 35.9 Å². The van der Waals surface area contributed by atoms with E-state index in [2.05, 4.69) is 10.1 Å². The molecule has 0 atom stereocenters. The second-order valence-corrected chi connectivity index (χ2v) is 6.20. The number of hydrogen-bond donors (Lipinski definition) is 0. The normalized spacial score (nSPS) is 11.0. The first-order valence-electron chi connectivity index (χ1n) is 8.28. The molecule has 3 rings (SSSR count). The number of hydrogen-bond acceptors (Lipinski definition) is 5. The lowest BCUT2D eigenvalue weighted by Crippen LogP contribution is -2.38. The van der Waals surface area contributed by atoms with Crippen molar-refractivity contribution < 1.29 is 13.7 Å². The van der Waals surface area contributed by atoms with Crippen molar-refractivity contribution in [3.63, 3.8) is 0 Å². The Balaban J connectivity index is 1.67. The van der Waals surface area contributed by atoms with Gasteiger partial charge in [0.15, 0.2) is 5.76 Å². The van der Waals surface area contributed by atoms with Crippen LogP contribution in [-0.2, 0) is 6.42 Å². The number of aryl methyl sites for hydroxylation is 1. The molecule has 0 spiro atoms. The first-order valence-corrected chi connectivity index (χ1v) is 8.28. The lowest BCUT2D eigenvalue weighted by atomic mass is 10.1. The molecule has 0 saturated heterocycles. The van der Waals surface area contributed by atoms with Gasteiger partial charge in [-0.2, -0.15) is 4.98 Å². The van der Waals surface area contributed by atoms with Crippen LogP contribution in [0.3, 0.4) is 0 Å². The molecule has 3 aromatic rings. The number of furan rings is 1. The van der Waals surface area contributed by atoms with E-state index in [-0.39, 0.29) is 11.9 Å². The summed E-state index contributed by atoms with van der Waals surface area (Å²) in [6, 6.07) is 11.4. The predicted octanol–water partition coefficient (Wildman–Crippen LogP) is 3.73. The Bertz CT molecular complexity index is 820. The molecule has 6 heteroatoms. The van der Waals surface area contributed by atoms with Crippen molar-refractivity contribution in [2.24, 2.45) is 0 Å². The van der Waals surface area contributed by atoms with Crippen LogP contribution in [-0.4, -0.2) is 33.5 Å². The van der Waals surface area contributed by atoms with Crippen molar-refractivity contribution in [3.05, 3.63) is 59.9 Å². The number of carbonyl (C=O) groups is 1. The highest BCUT2D eigenvalue weighted by Gasteiger charge is 2.21. The largest absolute Gasteiger partial charge is 0.459 e. The van der Waals surface area contributed by atoms with Crippen LogP contribution in [0.25, 0.3) is 11.4 Å². The third-order valence-electron chi connectivity index (χ3n) is 3.96. The Hall–Kier alpha value is -2.89. The van der Waals surface area contributed by atoms with Gasteiger partial charge >= 0.3 is 0 Å².